The smallest absolute Gasteiger partial charge is 0.267 e. The van der Waals surface area contributed by atoms with Crippen LogP contribution >= 0.6 is 11.3 Å². The third-order valence-electron chi connectivity index (χ3n) is 4.55. The molecule has 0 unspecified atom stereocenters. The molecule has 8 nitrogen and oxygen atoms in total. The summed E-state index contributed by atoms with van der Waals surface area (Å²) in [4.78, 5) is 30.0. The Morgan fingerprint density at radius 2 is 1.61 bits per heavy atom. The van der Waals surface area contributed by atoms with Gasteiger partial charge in [0.2, 0.25) is 10.0 Å². The molecule has 162 valence electrons. The van der Waals surface area contributed by atoms with E-state index in [-0.39, 0.29) is 10.5 Å². The highest BCUT2D eigenvalue weighted by molar-refractivity contribution is 7.89. The Balaban J connectivity index is 1.76. The maximum absolute atomic E-state index is 12.6. The molecule has 0 fully saturated rings. The molecule has 0 saturated carbocycles. The molecule has 10 heteroatoms. The first kappa shape index (κ1) is 22.6. The molecule has 2 amide bonds. The van der Waals surface area contributed by atoms with Crippen LogP contribution in [0.2, 0.25) is 0 Å². The zero-order valence-corrected chi connectivity index (χ0v) is 19.1. The van der Waals surface area contributed by atoms with Crippen LogP contribution in [0, 0.1) is 13.8 Å². The van der Waals surface area contributed by atoms with Crippen LogP contribution in [0.15, 0.2) is 53.4 Å². The van der Waals surface area contributed by atoms with Gasteiger partial charge >= 0.3 is 0 Å². The van der Waals surface area contributed by atoms with E-state index < -0.39 is 21.8 Å². The van der Waals surface area contributed by atoms with Crippen LogP contribution in [0.1, 0.15) is 31.3 Å². The van der Waals surface area contributed by atoms with Gasteiger partial charge in [-0.3, -0.25) is 20.4 Å². The molecular weight excluding hydrogens is 436 g/mol. The third kappa shape index (κ3) is 4.82. The van der Waals surface area contributed by atoms with E-state index in [1.807, 2.05) is 30.3 Å². The van der Waals surface area contributed by atoms with Crippen molar-refractivity contribution in [2.45, 2.75) is 18.7 Å². The second-order valence-electron chi connectivity index (χ2n) is 6.97. The molecular formula is C21H22N4O4S2. The van der Waals surface area contributed by atoms with E-state index >= 15 is 0 Å². The molecule has 0 radical (unpaired) electrons. The van der Waals surface area contributed by atoms with Crippen LogP contribution in [0.4, 0.5) is 0 Å². The quantitative estimate of drug-likeness (QED) is 0.572. The Morgan fingerprint density at radius 3 is 2.26 bits per heavy atom. The molecule has 0 aliphatic carbocycles. The number of hydrogen-bond donors (Lipinski definition) is 2. The maximum Gasteiger partial charge on any atom is 0.281 e. The molecule has 1 aromatic heterocycles. The molecule has 0 aliphatic heterocycles. The van der Waals surface area contributed by atoms with Crippen LogP contribution < -0.4 is 10.9 Å². The van der Waals surface area contributed by atoms with Gasteiger partial charge in [-0.15, -0.1) is 11.3 Å². The number of hydrazine groups is 1. The number of nitrogens with one attached hydrogen (secondary N) is 2. The molecule has 0 atom stereocenters. The summed E-state index contributed by atoms with van der Waals surface area (Å²) < 4.78 is 25.8. The summed E-state index contributed by atoms with van der Waals surface area (Å²) in [7, 11) is -0.868. The standard InChI is InChI=1S/C21H22N4O4S2/c1-13-10-11-16(31(28,29)25(3)4)12-17(13)19(26)23-24-20(27)18-14(2)22-21(30-18)15-8-6-5-7-9-15/h5-12H,1-4H3,(H,23,26)(H,24,27). The summed E-state index contributed by atoms with van der Waals surface area (Å²) in [6.45, 7) is 3.40. The number of thiazole rings is 1. The number of aromatic nitrogens is 1. The van der Waals surface area contributed by atoms with Gasteiger partial charge in [0.05, 0.1) is 10.6 Å². The average Bonchev–Trinajstić information content (AvgIpc) is 3.14. The molecule has 2 aromatic carbocycles. The van der Waals surface area contributed by atoms with Crippen LogP contribution in [0.5, 0.6) is 0 Å². The van der Waals surface area contributed by atoms with Gasteiger partial charge in [0, 0.05) is 25.2 Å². The van der Waals surface area contributed by atoms with Crippen molar-refractivity contribution < 1.29 is 18.0 Å². The Hall–Kier alpha value is -3.08. The second-order valence-corrected chi connectivity index (χ2v) is 10.1. The van der Waals surface area contributed by atoms with Gasteiger partial charge in [0.1, 0.15) is 9.88 Å². The first-order valence-corrected chi connectivity index (χ1v) is 11.5. The topological polar surface area (TPSA) is 108 Å². The molecule has 3 rings (SSSR count). The van der Waals surface area contributed by atoms with Crippen molar-refractivity contribution >= 4 is 33.2 Å². The molecule has 0 saturated heterocycles. The highest BCUT2D eigenvalue weighted by Gasteiger charge is 2.21. The van der Waals surface area contributed by atoms with Crippen LogP contribution in [-0.2, 0) is 10.0 Å². The molecule has 0 spiro atoms. The number of aryl methyl sites for hydroxylation is 2. The number of hydrogen-bond acceptors (Lipinski definition) is 6. The van der Waals surface area contributed by atoms with E-state index in [1.54, 1.807) is 19.9 Å². The minimum absolute atomic E-state index is 0.00891. The van der Waals surface area contributed by atoms with E-state index in [1.165, 1.54) is 37.6 Å². The highest BCUT2D eigenvalue weighted by Crippen LogP contribution is 2.27. The normalized spacial score (nSPS) is 11.4. The summed E-state index contributed by atoms with van der Waals surface area (Å²) in [5.41, 5.74) is 6.90. The van der Waals surface area contributed by atoms with Gasteiger partial charge in [-0.1, -0.05) is 36.4 Å². The van der Waals surface area contributed by atoms with Gasteiger partial charge < -0.3 is 0 Å². The Kier molecular flexibility index (Phi) is 6.54. The third-order valence-corrected chi connectivity index (χ3v) is 7.56. The first-order valence-electron chi connectivity index (χ1n) is 9.28. The van der Waals surface area contributed by atoms with E-state index in [4.69, 9.17) is 0 Å². The fourth-order valence-corrected chi connectivity index (χ4v) is 4.66. The number of nitrogens with zero attached hydrogens (tertiary/aromatic N) is 2. The van der Waals surface area contributed by atoms with Gasteiger partial charge in [0.25, 0.3) is 11.8 Å². The lowest BCUT2D eigenvalue weighted by Gasteiger charge is -2.14. The lowest BCUT2D eigenvalue weighted by atomic mass is 10.1. The maximum atomic E-state index is 12.6. The van der Waals surface area contributed by atoms with E-state index in [0.29, 0.717) is 21.1 Å². The summed E-state index contributed by atoms with van der Waals surface area (Å²) in [5, 5.41) is 0.701. The van der Waals surface area contributed by atoms with Crippen molar-refractivity contribution in [2.24, 2.45) is 0 Å². The number of amides is 2. The number of sulfonamides is 1. The largest absolute Gasteiger partial charge is 0.281 e. The molecule has 1 heterocycles. The number of benzene rings is 2. The molecule has 2 N–H and O–H groups in total. The van der Waals surface area contributed by atoms with Crippen molar-refractivity contribution in [3.8, 4) is 10.6 Å². The lowest BCUT2D eigenvalue weighted by Crippen LogP contribution is -2.41. The van der Waals surface area contributed by atoms with E-state index in [0.717, 1.165) is 9.87 Å². The molecule has 3 aromatic rings. The van der Waals surface area contributed by atoms with Gasteiger partial charge in [-0.05, 0) is 31.5 Å². The number of carbonyl (C=O) groups is 2. The van der Waals surface area contributed by atoms with Gasteiger partial charge in [-0.25, -0.2) is 17.7 Å². The molecule has 0 bridgehead atoms. The molecule has 0 aliphatic rings. The SMILES string of the molecule is Cc1ccc(S(=O)(=O)N(C)C)cc1C(=O)NNC(=O)c1sc(-c2ccccc2)nc1C. The minimum atomic E-state index is -3.69. The second kappa shape index (κ2) is 8.96. The van der Waals surface area contributed by atoms with Crippen LogP contribution in [0.3, 0.4) is 0 Å². The minimum Gasteiger partial charge on any atom is -0.267 e. The summed E-state index contributed by atoms with van der Waals surface area (Å²) in [6.07, 6.45) is 0. The van der Waals surface area contributed by atoms with Crippen molar-refractivity contribution in [2.75, 3.05) is 14.1 Å². The fraction of sp³-hybridized carbons (Fsp3) is 0.190. The summed E-state index contributed by atoms with van der Waals surface area (Å²) >= 11 is 1.22. The lowest BCUT2D eigenvalue weighted by molar-refractivity contribution is 0.0848. The van der Waals surface area contributed by atoms with Crippen molar-refractivity contribution in [3.63, 3.8) is 0 Å². The number of rotatable bonds is 5. The highest BCUT2D eigenvalue weighted by atomic mass is 32.2. The summed E-state index contributed by atoms with van der Waals surface area (Å²) in [5.74, 6) is -1.12. The predicted octanol–water partition coefficient (Wildman–Crippen LogP) is 2.75. The van der Waals surface area contributed by atoms with Gasteiger partial charge in [0.15, 0.2) is 0 Å². The Morgan fingerprint density at radius 1 is 0.968 bits per heavy atom. The Labute approximate surface area is 185 Å². The van der Waals surface area contributed by atoms with Crippen molar-refractivity contribution in [3.05, 3.63) is 70.2 Å². The van der Waals surface area contributed by atoms with E-state index in [9.17, 15) is 18.0 Å². The van der Waals surface area contributed by atoms with Crippen LogP contribution in [0.25, 0.3) is 10.6 Å². The number of carbonyl (C=O) groups excluding carboxylic acids is 2. The molecule has 31 heavy (non-hydrogen) atoms. The predicted molar refractivity (Wildman–Crippen MR) is 119 cm³/mol. The van der Waals surface area contributed by atoms with Crippen molar-refractivity contribution in [1.82, 2.24) is 20.1 Å². The first-order chi connectivity index (χ1) is 14.6. The van der Waals surface area contributed by atoms with E-state index in [2.05, 4.69) is 15.8 Å². The average molecular weight is 459 g/mol. The monoisotopic (exact) mass is 458 g/mol. The zero-order valence-electron chi connectivity index (χ0n) is 17.5. The van der Waals surface area contributed by atoms with Gasteiger partial charge in [-0.2, -0.15) is 0 Å². The van der Waals surface area contributed by atoms with Crippen LogP contribution in [-0.4, -0.2) is 43.6 Å². The van der Waals surface area contributed by atoms with Crippen molar-refractivity contribution in [1.29, 1.82) is 0 Å². The Bertz CT molecular complexity index is 1240. The summed E-state index contributed by atoms with van der Waals surface area (Å²) in [6, 6.07) is 13.8. The fourth-order valence-electron chi connectivity index (χ4n) is 2.77. The zero-order chi connectivity index (χ0) is 22.8.